The molecular formula is C35H36F2N2O4. The molecule has 6 nitrogen and oxygen atoms in total. The molecule has 3 N–H and O–H groups in total. The van der Waals surface area contributed by atoms with Gasteiger partial charge in [-0.1, -0.05) is 36.4 Å². The van der Waals surface area contributed by atoms with E-state index < -0.39 is 29.7 Å². The van der Waals surface area contributed by atoms with Crippen LogP contribution in [0.4, 0.5) is 8.78 Å². The Bertz CT molecular complexity index is 1570. The van der Waals surface area contributed by atoms with Gasteiger partial charge >= 0.3 is 0 Å². The van der Waals surface area contributed by atoms with Gasteiger partial charge in [-0.15, -0.1) is 0 Å². The summed E-state index contributed by atoms with van der Waals surface area (Å²) >= 11 is 0. The number of amides is 1. The first-order valence-corrected chi connectivity index (χ1v) is 14.2. The summed E-state index contributed by atoms with van der Waals surface area (Å²) < 4.78 is 33.5. The van der Waals surface area contributed by atoms with E-state index in [2.05, 4.69) is 10.6 Å². The molecule has 0 saturated heterocycles. The molecule has 0 bridgehead atoms. The van der Waals surface area contributed by atoms with E-state index in [4.69, 9.17) is 4.74 Å². The second-order valence-corrected chi connectivity index (χ2v) is 10.6. The number of nitrogens with one attached hydrogen (secondary N) is 2. The summed E-state index contributed by atoms with van der Waals surface area (Å²) in [5, 5.41) is 17.2. The van der Waals surface area contributed by atoms with E-state index in [1.807, 2.05) is 50.2 Å². The van der Waals surface area contributed by atoms with Crippen molar-refractivity contribution in [1.29, 1.82) is 0 Å². The van der Waals surface area contributed by atoms with Gasteiger partial charge in [0.05, 0.1) is 18.8 Å². The summed E-state index contributed by atoms with van der Waals surface area (Å²) in [6, 6.07) is 21.9. The Kier molecular flexibility index (Phi) is 10.8. The second kappa shape index (κ2) is 14.7. The van der Waals surface area contributed by atoms with Crippen molar-refractivity contribution in [3.05, 3.63) is 136 Å². The van der Waals surface area contributed by atoms with E-state index in [1.54, 1.807) is 31.2 Å². The molecule has 0 aliphatic rings. The van der Waals surface area contributed by atoms with Crippen LogP contribution in [0.5, 0.6) is 5.75 Å². The van der Waals surface area contributed by atoms with Crippen LogP contribution in [0, 0.1) is 25.5 Å². The fraction of sp³-hybridized carbons (Fsp3) is 0.257. The van der Waals surface area contributed by atoms with Gasteiger partial charge < -0.3 is 20.5 Å². The lowest BCUT2D eigenvalue weighted by molar-refractivity contribution is 0.0829. The van der Waals surface area contributed by atoms with Crippen LogP contribution in [0.25, 0.3) is 0 Å². The van der Waals surface area contributed by atoms with Crippen molar-refractivity contribution >= 4 is 11.7 Å². The Labute approximate surface area is 250 Å². The van der Waals surface area contributed by atoms with Crippen molar-refractivity contribution in [3.63, 3.8) is 0 Å². The number of carbonyl (C=O) groups excluding carboxylic acids is 2. The van der Waals surface area contributed by atoms with Gasteiger partial charge in [0.1, 0.15) is 17.4 Å². The van der Waals surface area contributed by atoms with Crippen LogP contribution in [-0.2, 0) is 13.0 Å². The van der Waals surface area contributed by atoms with Crippen molar-refractivity contribution in [1.82, 2.24) is 10.6 Å². The molecule has 0 aliphatic carbocycles. The number of aliphatic hydroxyl groups is 1. The predicted octanol–water partition coefficient (Wildman–Crippen LogP) is 5.70. The molecule has 0 unspecified atom stereocenters. The van der Waals surface area contributed by atoms with E-state index in [1.165, 1.54) is 18.2 Å². The van der Waals surface area contributed by atoms with Crippen LogP contribution >= 0.6 is 0 Å². The normalized spacial score (nSPS) is 12.4. The predicted molar refractivity (Wildman–Crippen MR) is 162 cm³/mol. The van der Waals surface area contributed by atoms with E-state index in [9.17, 15) is 23.5 Å². The van der Waals surface area contributed by atoms with Crippen LogP contribution in [0.15, 0.2) is 84.9 Å². The maximum absolute atomic E-state index is 14.0. The van der Waals surface area contributed by atoms with Gasteiger partial charge in [-0.2, -0.15) is 0 Å². The summed E-state index contributed by atoms with van der Waals surface area (Å²) in [4.78, 5) is 26.8. The Morgan fingerprint density at radius 2 is 1.58 bits per heavy atom. The summed E-state index contributed by atoms with van der Waals surface area (Å²) in [7, 11) is 0. The minimum Gasteiger partial charge on any atom is -0.494 e. The van der Waals surface area contributed by atoms with Crippen molar-refractivity contribution in [2.45, 2.75) is 45.9 Å². The number of ether oxygens (including phenoxy) is 1. The fourth-order valence-corrected chi connectivity index (χ4v) is 4.96. The quantitative estimate of drug-likeness (QED) is 0.175. The lowest BCUT2D eigenvalue weighted by Gasteiger charge is -2.25. The molecule has 4 aromatic carbocycles. The number of ketones is 1. The van der Waals surface area contributed by atoms with Crippen LogP contribution in [0.3, 0.4) is 0 Å². The summed E-state index contributed by atoms with van der Waals surface area (Å²) in [6.07, 6.45) is -1.13. The molecule has 0 fully saturated rings. The Balaban J connectivity index is 1.53. The maximum atomic E-state index is 14.0. The molecule has 224 valence electrons. The van der Waals surface area contributed by atoms with Gasteiger partial charge in [0.15, 0.2) is 5.78 Å². The largest absolute Gasteiger partial charge is 0.494 e. The summed E-state index contributed by atoms with van der Waals surface area (Å²) in [6.45, 7) is 6.60. The molecule has 1 amide bonds. The van der Waals surface area contributed by atoms with Gasteiger partial charge in [0, 0.05) is 35.8 Å². The average molecular weight is 587 g/mol. The van der Waals surface area contributed by atoms with E-state index in [-0.39, 0.29) is 29.9 Å². The number of rotatable bonds is 13. The highest BCUT2D eigenvalue weighted by Crippen LogP contribution is 2.19. The number of carbonyl (C=O) groups is 2. The van der Waals surface area contributed by atoms with E-state index in [0.717, 1.165) is 22.9 Å². The number of halogens is 2. The molecule has 4 rings (SSSR count). The summed E-state index contributed by atoms with van der Waals surface area (Å²) in [5.74, 6) is -1.49. The van der Waals surface area contributed by atoms with Gasteiger partial charge in [-0.25, -0.2) is 8.78 Å². The Hall–Kier alpha value is -4.40. The number of benzene rings is 4. The van der Waals surface area contributed by atoms with Crippen molar-refractivity contribution < 1.29 is 28.2 Å². The average Bonchev–Trinajstić information content (AvgIpc) is 2.96. The molecule has 0 spiro atoms. The van der Waals surface area contributed by atoms with Crippen molar-refractivity contribution in [2.24, 2.45) is 0 Å². The summed E-state index contributed by atoms with van der Waals surface area (Å²) in [5.41, 5.74) is 3.90. The fourth-order valence-electron chi connectivity index (χ4n) is 4.96. The van der Waals surface area contributed by atoms with Crippen molar-refractivity contribution in [2.75, 3.05) is 13.2 Å². The standard InChI is InChI=1S/C35H36F2N2O4/c1-4-43-30-10-7-9-24(16-30)20-38-21-33(40)32(17-25-14-28(36)19-29(37)15-25)39-35(42)27-13-22(2)12-26(18-27)34(41)31-11-6-5-8-23(31)3/h5-16,18-19,32-33,38,40H,4,17,20-21H2,1-3H3,(H,39,42)/t32-,33-/m0/s1. The third kappa shape index (κ3) is 8.80. The van der Waals surface area contributed by atoms with Gasteiger partial charge in [-0.3, -0.25) is 9.59 Å². The monoisotopic (exact) mass is 586 g/mol. The van der Waals surface area contributed by atoms with Crippen LogP contribution in [0.2, 0.25) is 0 Å². The highest BCUT2D eigenvalue weighted by atomic mass is 19.1. The minimum atomic E-state index is -1.11. The highest BCUT2D eigenvalue weighted by Gasteiger charge is 2.24. The molecule has 8 heteroatoms. The number of aliphatic hydroxyl groups excluding tert-OH is 1. The zero-order chi connectivity index (χ0) is 30.9. The second-order valence-electron chi connectivity index (χ2n) is 10.6. The smallest absolute Gasteiger partial charge is 0.251 e. The number of hydrogen-bond acceptors (Lipinski definition) is 5. The first-order valence-electron chi connectivity index (χ1n) is 14.2. The zero-order valence-corrected chi connectivity index (χ0v) is 24.5. The first-order chi connectivity index (χ1) is 20.6. The number of hydrogen-bond donors (Lipinski definition) is 3. The molecule has 0 radical (unpaired) electrons. The third-order valence-electron chi connectivity index (χ3n) is 7.04. The zero-order valence-electron chi connectivity index (χ0n) is 24.5. The lowest BCUT2D eigenvalue weighted by Crippen LogP contribution is -2.48. The maximum Gasteiger partial charge on any atom is 0.251 e. The first kappa shape index (κ1) is 31.5. The van der Waals surface area contributed by atoms with E-state index >= 15 is 0 Å². The molecular weight excluding hydrogens is 550 g/mol. The molecule has 0 aliphatic heterocycles. The van der Waals surface area contributed by atoms with Crippen LogP contribution in [-0.4, -0.2) is 42.1 Å². The van der Waals surface area contributed by atoms with Crippen LogP contribution < -0.4 is 15.4 Å². The van der Waals surface area contributed by atoms with Gasteiger partial charge in [0.2, 0.25) is 0 Å². The molecule has 0 heterocycles. The molecule has 0 aromatic heterocycles. The SMILES string of the molecule is CCOc1cccc(CNC[C@H](O)[C@H](Cc2cc(F)cc(F)c2)NC(=O)c2cc(C)cc(C(=O)c3ccccc3C)c2)c1. The molecule has 43 heavy (non-hydrogen) atoms. The van der Waals surface area contributed by atoms with Gasteiger partial charge in [-0.05, 0) is 91.9 Å². The molecule has 4 aromatic rings. The Morgan fingerprint density at radius 3 is 2.30 bits per heavy atom. The van der Waals surface area contributed by atoms with Crippen LogP contribution in [0.1, 0.15) is 55.5 Å². The Morgan fingerprint density at radius 1 is 0.860 bits per heavy atom. The highest BCUT2D eigenvalue weighted by molar-refractivity contribution is 6.11. The minimum absolute atomic E-state index is 0.0239. The van der Waals surface area contributed by atoms with E-state index in [0.29, 0.717) is 29.8 Å². The van der Waals surface area contributed by atoms with Crippen molar-refractivity contribution in [3.8, 4) is 5.75 Å². The lowest BCUT2D eigenvalue weighted by atomic mass is 9.95. The third-order valence-corrected chi connectivity index (χ3v) is 7.04. The topological polar surface area (TPSA) is 87.7 Å². The molecule has 0 saturated carbocycles. The molecule has 2 atom stereocenters. The number of aryl methyl sites for hydroxylation is 2. The van der Waals surface area contributed by atoms with Gasteiger partial charge in [0.25, 0.3) is 5.91 Å².